The first-order valence-corrected chi connectivity index (χ1v) is 16.0. The number of carbonyl (C=O) groups excluding carboxylic acids is 5. The van der Waals surface area contributed by atoms with E-state index in [-0.39, 0.29) is 37.7 Å². The van der Waals surface area contributed by atoms with Crippen molar-refractivity contribution in [3.8, 4) is 11.5 Å². The number of hydrogen-bond acceptors (Lipinski definition) is 7. The molecule has 9 heteroatoms. The van der Waals surface area contributed by atoms with Crippen LogP contribution in [0.2, 0.25) is 0 Å². The van der Waals surface area contributed by atoms with Gasteiger partial charge < -0.3 is 20.1 Å². The number of fused-ring (bicyclic) bond motifs is 1. The number of amides is 2. The van der Waals surface area contributed by atoms with Crippen LogP contribution in [-0.4, -0.2) is 42.0 Å². The maximum atomic E-state index is 13.9. The lowest BCUT2D eigenvalue weighted by Gasteiger charge is -2.29. The van der Waals surface area contributed by atoms with Gasteiger partial charge in [-0.3, -0.25) is 24.0 Å². The largest absolute Gasteiger partial charge is 0.454 e. The fourth-order valence-corrected chi connectivity index (χ4v) is 6.65. The van der Waals surface area contributed by atoms with Crippen molar-refractivity contribution in [1.82, 2.24) is 10.6 Å². The molecule has 1 aliphatic heterocycles. The lowest BCUT2D eigenvalue weighted by molar-refractivity contribution is -0.141. The van der Waals surface area contributed by atoms with Crippen LogP contribution in [-0.2, 0) is 25.7 Å². The summed E-state index contributed by atoms with van der Waals surface area (Å²) < 4.78 is 10.8. The minimum atomic E-state index is -1.15. The predicted octanol–water partition coefficient (Wildman–Crippen LogP) is 5.09. The molecule has 0 spiro atoms. The van der Waals surface area contributed by atoms with Crippen LogP contribution < -0.4 is 20.1 Å². The summed E-state index contributed by atoms with van der Waals surface area (Å²) in [6.07, 6.45) is 8.60. The van der Waals surface area contributed by atoms with Crippen molar-refractivity contribution in [2.45, 2.75) is 89.6 Å². The average Bonchev–Trinajstić information content (AvgIpc) is 3.53. The minimum Gasteiger partial charge on any atom is -0.454 e. The van der Waals surface area contributed by atoms with Crippen LogP contribution in [0.15, 0.2) is 48.5 Å². The van der Waals surface area contributed by atoms with E-state index in [1.54, 1.807) is 18.2 Å². The van der Waals surface area contributed by atoms with E-state index in [9.17, 15) is 24.0 Å². The van der Waals surface area contributed by atoms with E-state index in [1.165, 1.54) is 0 Å². The van der Waals surface area contributed by atoms with E-state index < -0.39 is 35.5 Å². The van der Waals surface area contributed by atoms with Gasteiger partial charge in [-0.15, -0.1) is 0 Å². The molecule has 1 heterocycles. The number of Topliss-reactive ketones (excluding diaryl/α,β-unsaturated/α-hetero) is 3. The Hall–Kier alpha value is -4.01. The third kappa shape index (κ3) is 8.33. The lowest BCUT2D eigenvalue weighted by atomic mass is 9.80. The zero-order valence-corrected chi connectivity index (χ0v) is 25.2. The van der Waals surface area contributed by atoms with Crippen LogP contribution in [0.4, 0.5) is 0 Å². The number of carbonyl (C=O) groups is 5. The predicted molar refractivity (Wildman–Crippen MR) is 163 cm³/mol. The highest BCUT2D eigenvalue weighted by molar-refractivity contribution is 6.38. The Morgan fingerprint density at radius 3 is 2.36 bits per heavy atom. The van der Waals surface area contributed by atoms with Crippen LogP contribution in [0, 0.1) is 17.8 Å². The molecule has 0 bridgehead atoms. The summed E-state index contributed by atoms with van der Waals surface area (Å²) in [5.41, 5.74) is 1.27. The molecular weight excluding hydrogens is 560 g/mol. The summed E-state index contributed by atoms with van der Waals surface area (Å²) in [5, 5.41) is 5.52. The van der Waals surface area contributed by atoms with Crippen molar-refractivity contribution in [3.63, 3.8) is 0 Å². The van der Waals surface area contributed by atoms with Crippen LogP contribution in [0.1, 0.15) is 93.0 Å². The summed E-state index contributed by atoms with van der Waals surface area (Å²) in [5.74, 6) is -1.86. The van der Waals surface area contributed by atoms with Crippen LogP contribution in [0.3, 0.4) is 0 Å². The highest BCUT2D eigenvalue weighted by Gasteiger charge is 2.35. The maximum Gasteiger partial charge on any atom is 0.289 e. The van der Waals surface area contributed by atoms with E-state index in [0.717, 1.165) is 50.5 Å². The minimum absolute atomic E-state index is 0.0363. The zero-order chi connectivity index (χ0) is 30.9. The van der Waals surface area contributed by atoms with Crippen LogP contribution >= 0.6 is 0 Å². The Bertz CT molecular complexity index is 1350. The molecule has 1 unspecified atom stereocenters. The van der Waals surface area contributed by atoms with E-state index in [0.29, 0.717) is 42.2 Å². The highest BCUT2D eigenvalue weighted by Crippen LogP contribution is 2.35. The van der Waals surface area contributed by atoms with E-state index >= 15 is 0 Å². The van der Waals surface area contributed by atoms with Crippen molar-refractivity contribution in [2.75, 3.05) is 6.79 Å². The molecule has 2 N–H and O–H groups in total. The summed E-state index contributed by atoms with van der Waals surface area (Å²) in [6.45, 7) is 0.264. The summed E-state index contributed by atoms with van der Waals surface area (Å²) >= 11 is 0. The van der Waals surface area contributed by atoms with Gasteiger partial charge in [0.15, 0.2) is 17.3 Å². The van der Waals surface area contributed by atoms with Gasteiger partial charge in [0.2, 0.25) is 18.5 Å². The topological polar surface area (TPSA) is 128 Å². The van der Waals surface area contributed by atoms with Gasteiger partial charge in [-0.25, -0.2) is 0 Å². The van der Waals surface area contributed by atoms with Gasteiger partial charge in [0.25, 0.3) is 5.91 Å². The Labute approximate surface area is 258 Å². The van der Waals surface area contributed by atoms with Crippen molar-refractivity contribution < 1.29 is 33.4 Å². The number of rotatable bonds is 13. The molecule has 44 heavy (non-hydrogen) atoms. The molecule has 3 aliphatic rings. The molecule has 2 saturated carbocycles. The second-order valence-corrected chi connectivity index (χ2v) is 12.4. The van der Waals surface area contributed by atoms with Crippen molar-refractivity contribution in [1.29, 1.82) is 0 Å². The Morgan fingerprint density at radius 1 is 0.841 bits per heavy atom. The Morgan fingerprint density at radius 2 is 1.59 bits per heavy atom. The Kier molecular flexibility index (Phi) is 10.8. The number of nitrogens with one attached hydrogen (secondary N) is 2. The first kappa shape index (κ1) is 31.4. The van der Waals surface area contributed by atoms with Gasteiger partial charge in [0.05, 0.1) is 6.04 Å². The van der Waals surface area contributed by atoms with Crippen LogP contribution in [0.5, 0.6) is 11.5 Å². The molecule has 234 valence electrons. The maximum absolute atomic E-state index is 13.9. The molecule has 0 aromatic heterocycles. The molecular formula is C35H42N2O7. The summed E-state index contributed by atoms with van der Waals surface area (Å²) in [7, 11) is 0. The number of hydrogen-bond donors (Lipinski definition) is 2. The Balaban J connectivity index is 1.32. The van der Waals surface area contributed by atoms with Gasteiger partial charge in [-0.1, -0.05) is 68.9 Å². The van der Waals surface area contributed by atoms with Gasteiger partial charge in [-0.2, -0.15) is 0 Å². The molecule has 0 radical (unpaired) electrons. The third-order valence-corrected chi connectivity index (χ3v) is 9.19. The normalized spacial score (nSPS) is 19.5. The average molecular weight is 603 g/mol. The molecule has 2 amide bonds. The van der Waals surface area contributed by atoms with Gasteiger partial charge in [-0.05, 0) is 55.4 Å². The van der Waals surface area contributed by atoms with Crippen molar-refractivity contribution in [2.24, 2.45) is 17.8 Å². The summed E-state index contributed by atoms with van der Waals surface area (Å²) in [6, 6.07) is 13.1. The fourth-order valence-electron chi connectivity index (χ4n) is 6.65. The first-order chi connectivity index (χ1) is 21.4. The lowest BCUT2D eigenvalue weighted by Crippen LogP contribution is -2.50. The SMILES string of the molecule is O=C(NCc1ccccc1)C(=O)[C@H](C[C@@H]1CCCCC1=O)NC(=O)C(CC(=O)c1ccc2c(c1)OCO2)CC1CCCCC1. The van der Waals surface area contributed by atoms with E-state index in [1.807, 2.05) is 30.3 Å². The highest BCUT2D eigenvalue weighted by atomic mass is 16.7. The molecule has 5 rings (SSSR count). The van der Waals surface area contributed by atoms with Crippen LogP contribution in [0.25, 0.3) is 0 Å². The molecule has 2 aromatic carbocycles. The first-order valence-electron chi connectivity index (χ1n) is 16.0. The molecule has 9 nitrogen and oxygen atoms in total. The second-order valence-electron chi connectivity index (χ2n) is 12.4. The van der Waals surface area contributed by atoms with E-state index in [4.69, 9.17) is 9.47 Å². The molecule has 2 fully saturated rings. The molecule has 2 aliphatic carbocycles. The zero-order valence-electron chi connectivity index (χ0n) is 25.2. The second kappa shape index (κ2) is 15.1. The fraction of sp³-hybridized carbons (Fsp3) is 0.514. The quantitative estimate of drug-likeness (QED) is 0.241. The number of benzene rings is 2. The van der Waals surface area contributed by atoms with Gasteiger partial charge in [0.1, 0.15) is 5.78 Å². The monoisotopic (exact) mass is 602 g/mol. The standard InChI is InChI=1S/C35H42N2O7/c38-29-14-8-7-13-25(29)18-28(33(40)35(42)36-21-24-11-5-2-6-12-24)37-34(41)27(17-23-9-3-1-4-10-23)19-30(39)26-15-16-31-32(20-26)44-22-43-31/h2,5-6,11-12,15-16,20,23,25,27-28H,1,3-4,7-10,13-14,17-19,21-22H2,(H,36,42)(H,37,41)/t25-,27?,28-/m0/s1. The third-order valence-electron chi connectivity index (χ3n) is 9.19. The summed E-state index contributed by atoms with van der Waals surface area (Å²) in [4.78, 5) is 66.6. The molecule has 3 atom stereocenters. The molecule has 0 saturated heterocycles. The smallest absolute Gasteiger partial charge is 0.289 e. The molecule has 2 aromatic rings. The van der Waals surface area contributed by atoms with Crippen molar-refractivity contribution in [3.05, 3.63) is 59.7 Å². The van der Waals surface area contributed by atoms with Gasteiger partial charge >= 0.3 is 0 Å². The van der Waals surface area contributed by atoms with E-state index in [2.05, 4.69) is 10.6 Å². The number of ether oxygens (including phenoxy) is 2. The van der Waals surface area contributed by atoms with Crippen molar-refractivity contribution >= 4 is 29.2 Å². The number of ketones is 3. The van der Waals surface area contributed by atoms with Gasteiger partial charge in [0, 0.05) is 36.8 Å².